The van der Waals surface area contributed by atoms with Crippen molar-refractivity contribution in [3.05, 3.63) is 35.5 Å². The van der Waals surface area contributed by atoms with E-state index in [1.807, 2.05) is 6.07 Å². The number of benzene rings is 1. The largest absolute Gasteiger partial charge is 0.322 e. The van der Waals surface area contributed by atoms with Crippen LogP contribution >= 0.6 is 0 Å². The van der Waals surface area contributed by atoms with Gasteiger partial charge in [-0.1, -0.05) is 32.0 Å². The summed E-state index contributed by atoms with van der Waals surface area (Å²) >= 11 is 0. The van der Waals surface area contributed by atoms with Crippen LogP contribution in [-0.4, -0.2) is 4.98 Å². The van der Waals surface area contributed by atoms with Gasteiger partial charge in [-0.2, -0.15) is 0 Å². The summed E-state index contributed by atoms with van der Waals surface area (Å²) < 4.78 is 0. The number of rotatable bonds is 3. The molecular formula is C14H19N3. The van der Waals surface area contributed by atoms with Crippen LogP contribution in [0, 0.1) is 6.92 Å². The van der Waals surface area contributed by atoms with E-state index in [1.165, 1.54) is 5.56 Å². The van der Waals surface area contributed by atoms with Crippen LogP contribution in [0.5, 0.6) is 0 Å². The molecule has 0 saturated heterocycles. The first-order chi connectivity index (χ1) is 8.17. The average Bonchev–Trinajstić information content (AvgIpc) is 2.37. The molecule has 0 aliphatic rings. The van der Waals surface area contributed by atoms with Crippen LogP contribution in [0.15, 0.2) is 24.3 Å². The molecule has 3 heteroatoms. The fraction of sp³-hybridized carbons (Fsp3) is 0.357. The van der Waals surface area contributed by atoms with Gasteiger partial charge in [0.25, 0.3) is 0 Å². The number of anilines is 1. The van der Waals surface area contributed by atoms with Gasteiger partial charge in [0, 0.05) is 11.3 Å². The number of nitrogens with two attached hydrogens (primary N) is 1. The second-order valence-electron chi connectivity index (χ2n) is 4.52. The van der Waals surface area contributed by atoms with Crippen LogP contribution in [0.4, 0.5) is 5.69 Å². The lowest BCUT2D eigenvalue weighted by Gasteiger charge is -2.15. The fourth-order valence-corrected chi connectivity index (χ4v) is 2.05. The Balaban J connectivity index is 2.70. The van der Waals surface area contributed by atoms with Crippen molar-refractivity contribution in [1.29, 1.82) is 0 Å². The third-order valence-electron chi connectivity index (χ3n) is 3.31. The summed E-state index contributed by atoms with van der Waals surface area (Å²) in [6, 6.07) is 8.28. The number of fused-ring (bicyclic) bond motifs is 1. The van der Waals surface area contributed by atoms with Gasteiger partial charge < -0.3 is 5.43 Å². The highest BCUT2D eigenvalue weighted by atomic mass is 15.2. The highest BCUT2D eigenvalue weighted by molar-refractivity contribution is 5.85. The van der Waals surface area contributed by atoms with E-state index in [4.69, 9.17) is 10.8 Å². The third-order valence-corrected chi connectivity index (χ3v) is 3.31. The summed E-state index contributed by atoms with van der Waals surface area (Å²) in [5.41, 5.74) is 7.02. The van der Waals surface area contributed by atoms with Crippen molar-refractivity contribution in [2.45, 2.75) is 33.1 Å². The molecule has 90 valence electrons. The molecule has 0 fully saturated rings. The Labute approximate surface area is 102 Å². The molecule has 17 heavy (non-hydrogen) atoms. The minimum atomic E-state index is 0.407. The molecule has 2 aromatic rings. The van der Waals surface area contributed by atoms with E-state index in [0.29, 0.717) is 5.92 Å². The van der Waals surface area contributed by atoms with E-state index < -0.39 is 0 Å². The Hall–Kier alpha value is -1.61. The number of nitrogens with one attached hydrogen (secondary N) is 1. The zero-order valence-electron chi connectivity index (χ0n) is 10.6. The zero-order chi connectivity index (χ0) is 12.4. The molecule has 1 aromatic heterocycles. The first-order valence-electron chi connectivity index (χ1n) is 6.04. The minimum absolute atomic E-state index is 0.407. The minimum Gasteiger partial charge on any atom is -0.322 e. The molecule has 0 aliphatic heterocycles. The summed E-state index contributed by atoms with van der Waals surface area (Å²) in [6.07, 6.45) is 1.05. The van der Waals surface area contributed by atoms with Crippen molar-refractivity contribution in [3.8, 4) is 0 Å². The van der Waals surface area contributed by atoms with E-state index in [0.717, 1.165) is 28.7 Å². The smallest absolute Gasteiger partial charge is 0.0736 e. The molecule has 0 bridgehead atoms. The number of hydrogen-bond acceptors (Lipinski definition) is 3. The standard InChI is InChI=1S/C14H19N3/c1-4-9(2)14-12(17-15)8-11-7-5-6-10(3)13(11)16-14/h5-9,17H,4,15H2,1-3H3. The summed E-state index contributed by atoms with van der Waals surface area (Å²) in [5.74, 6) is 5.99. The topological polar surface area (TPSA) is 50.9 Å². The van der Waals surface area contributed by atoms with E-state index >= 15 is 0 Å². The Bertz CT molecular complexity index is 534. The molecular weight excluding hydrogens is 210 g/mol. The molecule has 0 spiro atoms. The monoisotopic (exact) mass is 229 g/mol. The zero-order valence-corrected chi connectivity index (χ0v) is 10.6. The maximum atomic E-state index is 5.58. The highest BCUT2D eigenvalue weighted by Crippen LogP contribution is 2.29. The summed E-state index contributed by atoms with van der Waals surface area (Å²) in [4.78, 5) is 4.77. The van der Waals surface area contributed by atoms with Crippen molar-refractivity contribution in [1.82, 2.24) is 4.98 Å². The molecule has 3 N–H and O–H groups in total. The molecule has 0 amide bonds. The Morgan fingerprint density at radius 3 is 2.82 bits per heavy atom. The second kappa shape index (κ2) is 4.72. The van der Waals surface area contributed by atoms with Crippen LogP contribution in [0.3, 0.4) is 0 Å². The second-order valence-corrected chi connectivity index (χ2v) is 4.52. The maximum absolute atomic E-state index is 5.58. The van der Waals surface area contributed by atoms with Crippen molar-refractivity contribution in [3.63, 3.8) is 0 Å². The first kappa shape index (κ1) is 11.9. The van der Waals surface area contributed by atoms with Gasteiger partial charge in [-0.25, -0.2) is 0 Å². The Morgan fingerprint density at radius 1 is 1.41 bits per heavy atom. The molecule has 1 aromatic carbocycles. The van der Waals surface area contributed by atoms with Gasteiger partial charge in [0.2, 0.25) is 0 Å². The molecule has 2 rings (SSSR count). The van der Waals surface area contributed by atoms with Gasteiger partial charge in [-0.05, 0) is 25.0 Å². The average molecular weight is 229 g/mol. The Kier molecular flexibility index (Phi) is 3.29. The number of hydrazine groups is 1. The molecule has 1 unspecified atom stereocenters. The number of para-hydroxylation sites is 1. The molecule has 1 heterocycles. The van der Waals surface area contributed by atoms with Gasteiger partial charge in [-0.15, -0.1) is 0 Å². The lowest BCUT2D eigenvalue weighted by Crippen LogP contribution is -2.12. The normalized spacial score (nSPS) is 12.7. The summed E-state index contributed by atoms with van der Waals surface area (Å²) in [6.45, 7) is 6.42. The van der Waals surface area contributed by atoms with E-state index in [1.54, 1.807) is 0 Å². The van der Waals surface area contributed by atoms with Gasteiger partial charge in [0.05, 0.1) is 16.9 Å². The highest BCUT2D eigenvalue weighted by Gasteiger charge is 2.12. The van der Waals surface area contributed by atoms with Crippen molar-refractivity contribution in [2.24, 2.45) is 5.84 Å². The van der Waals surface area contributed by atoms with Crippen LogP contribution < -0.4 is 11.3 Å². The number of aryl methyl sites for hydroxylation is 1. The molecule has 0 aliphatic carbocycles. The van der Waals surface area contributed by atoms with Gasteiger partial charge >= 0.3 is 0 Å². The van der Waals surface area contributed by atoms with Crippen LogP contribution in [0.2, 0.25) is 0 Å². The lowest BCUT2D eigenvalue weighted by molar-refractivity contribution is 0.713. The van der Waals surface area contributed by atoms with Gasteiger partial charge in [0.15, 0.2) is 0 Å². The summed E-state index contributed by atoms with van der Waals surface area (Å²) in [5, 5.41) is 1.13. The number of hydrogen-bond donors (Lipinski definition) is 2. The van der Waals surface area contributed by atoms with E-state index in [9.17, 15) is 0 Å². The number of nitrogen functional groups attached to an aromatic ring is 1. The molecule has 0 radical (unpaired) electrons. The van der Waals surface area contributed by atoms with Crippen molar-refractivity contribution < 1.29 is 0 Å². The van der Waals surface area contributed by atoms with E-state index in [-0.39, 0.29) is 0 Å². The summed E-state index contributed by atoms with van der Waals surface area (Å²) in [7, 11) is 0. The quantitative estimate of drug-likeness (QED) is 0.627. The maximum Gasteiger partial charge on any atom is 0.0736 e. The molecule has 0 saturated carbocycles. The van der Waals surface area contributed by atoms with Crippen molar-refractivity contribution >= 4 is 16.6 Å². The van der Waals surface area contributed by atoms with Gasteiger partial charge in [-0.3, -0.25) is 10.8 Å². The van der Waals surface area contributed by atoms with Crippen LogP contribution in [0.25, 0.3) is 10.9 Å². The van der Waals surface area contributed by atoms with Crippen LogP contribution in [-0.2, 0) is 0 Å². The predicted octanol–water partition coefficient (Wildman–Crippen LogP) is 3.34. The third kappa shape index (κ3) is 2.11. The predicted molar refractivity (Wildman–Crippen MR) is 73.0 cm³/mol. The number of nitrogens with zero attached hydrogens (tertiary/aromatic N) is 1. The van der Waals surface area contributed by atoms with Crippen LogP contribution in [0.1, 0.15) is 37.4 Å². The van der Waals surface area contributed by atoms with E-state index in [2.05, 4.69) is 44.4 Å². The molecule has 1 atom stereocenters. The Morgan fingerprint density at radius 2 is 2.18 bits per heavy atom. The fourth-order valence-electron chi connectivity index (χ4n) is 2.05. The first-order valence-corrected chi connectivity index (χ1v) is 6.04. The van der Waals surface area contributed by atoms with Crippen molar-refractivity contribution in [2.75, 3.05) is 5.43 Å². The lowest BCUT2D eigenvalue weighted by atomic mass is 10.0. The SMILES string of the molecule is CCC(C)c1nc2c(C)cccc2cc1NN. The number of aromatic nitrogens is 1. The molecule has 3 nitrogen and oxygen atoms in total. The number of pyridine rings is 1. The van der Waals surface area contributed by atoms with Gasteiger partial charge in [0.1, 0.15) is 0 Å².